The normalized spacial score (nSPS) is 20.5. The molecular formula is C96H129Cl8F2N31O4. The van der Waals surface area contributed by atoms with Crippen LogP contribution in [-0.4, -0.2) is 308 Å². The molecule has 12 heterocycles. The molecule has 16 N–H and O–H groups in total. The molecule has 4 aromatic heterocycles. The molecule has 762 valence electrons. The first-order chi connectivity index (χ1) is 67.7. The van der Waals surface area contributed by atoms with Gasteiger partial charge in [0.05, 0.1) is 11.2 Å². The van der Waals surface area contributed by atoms with Gasteiger partial charge in [-0.05, 0) is 195 Å². The van der Waals surface area contributed by atoms with Crippen molar-refractivity contribution in [2.75, 3.05) is 182 Å². The molecule has 35 nitrogen and oxygen atoms in total. The van der Waals surface area contributed by atoms with Crippen molar-refractivity contribution in [3.05, 3.63) is 188 Å². The van der Waals surface area contributed by atoms with E-state index in [9.17, 15) is 28.0 Å². The van der Waals surface area contributed by atoms with Crippen molar-refractivity contribution in [1.29, 1.82) is 0 Å². The molecule has 0 bridgehead atoms. The van der Waals surface area contributed by atoms with Crippen LogP contribution >= 0.6 is 92.8 Å². The Morgan fingerprint density at radius 1 is 0.369 bits per heavy atom. The maximum absolute atomic E-state index is 14.2. The van der Waals surface area contributed by atoms with Gasteiger partial charge in [0.15, 0.2) is 90.3 Å². The molecule has 8 fully saturated rings. The van der Waals surface area contributed by atoms with Crippen LogP contribution in [0.3, 0.4) is 0 Å². The van der Waals surface area contributed by atoms with Crippen LogP contribution < -0.4 is 70.4 Å². The third-order valence-electron chi connectivity index (χ3n) is 27.9. The highest BCUT2D eigenvalue weighted by molar-refractivity contribution is 6.34. The Labute approximate surface area is 863 Å². The van der Waals surface area contributed by atoms with E-state index in [1.165, 1.54) is 43.6 Å². The van der Waals surface area contributed by atoms with Gasteiger partial charge in [-0.1, -0.05) is 157 Å². The van der Waals surface area contributed by atoms with Gasteiger partial charge in [-0.15, -0.1) is 0 Å². The van der Waals surface area contributed by atoms with Gasteiger partial charge >= 0.3 is 0 Å². The lowest BCUT2D eigenvalue weighted by Crippen LogP contribution is -2.58. The van der Waals surface area contributed by atoms with Gasteiger partial charge < -0.3 is 59.7 Å². The number of carbonyl (C=O) groups is 4. The molecule has 0 spiro atoms. The number of nitrogens with zero attached hydrogens (tertiary/aromatic N) is 22. The highest BCUT2D eigenvalue weighted by Crippen LogP contribution is 2.37. The van der Waals surface area contributed by atoms with E-state index in [2.05, 4.69) is 171 Å². The predicted molar refractivity (Wildman–Crippen MR) is 559 cm³/mol. The highest BCUT2D eigenvalue weighted by atomic mass is 35.5. The number of likely N-dealkylation sites (tertiary alicyclic amines) is 4. The maximum atomic E-state index is 14.2. The van der Waals surface area contributed by atoms with Crippen LogP contribution in [0.25, 0.3) is 0 Å². The minimum atomic E-state index is -0.730. The molecule has 8 saturated heterocycles. The van der Waals surface area contributed by atoms with E-state index < -0.39 is 23.6 Å². The fourth-order valence-electron chi connectivity index (χ4n) is 20.3. The number of halogens is 10. The summed E-state index contributed by atoms with van der Waals surface area (Å²) in [6.45, 7) is 29.9. The molecule has 45 heteroatoms. The summed E-state index contributed by atoms with van der Waals surface area (Å²) < 4.78 is 28.0. The number of piperidine rings is 4. The maximum Gasteiger partial charge on any atom is 0.280 e. The van der Waals surface area contributed by atoms with Crippen LogP contribution in [0.15, 0.2) is 101 Å². The monoisotopic (exact) mass is 2100 g/mol. The lowest BCUT2D eigenvalue weighted by molar-refractivity contribution is 0.0607. The third-order valence-corrected chi connectivity index (χ3v) is 30.0. The molecule has 4 atom stereocenters. The molecular weight excluding hydrogens is 1970 g/mol. The number of hydrogen-bond donors (Lipinski definition) is 9. The van der Waals surface area contributed by atoms with Crippen LogP contribution in [0.1, 0.15) is 169 Å². The number of nitrogens with one attached hydrogen (secondary N) is 2. The van der Waals surface area contributed by atoms with Crippen molar-refractivity contribution >= 4 is 169 Å². The highest BCUT2D eigenvalue weighted by Gasteiger charge is 2.41. The Kier molecular flexibility index (Phi) is 39.6. The summed E-state index contributed by atoms with van der Waals surface area (Å²) in [5, 5.41) is 7.57. The number of hydrogen-bond acceptors (Lipinski definition) is 29. The minimum Gasteiger partial charge on any atom is -0.382 e. The minimum absolute atomic E-state index is 0.00402. The Morgan fingerprint density at radius 2 is 0.688 bits per heavy atom. The van der Waals surface area contributed by atoms with Crippen LogP contribution in [0.5, 0.6) is 0 Å². The summed E-state index contributed by atoms with van der Waals surface area (Å²) >= 11 is 49.3. The van der Waals surface area contributed by atoms with E-state index in [1.807, 2.05) is 30.3 Å². The molecule has 8 aliphatic rings. The number of aliphatic imine (C=N–C) groups is 2. The number of nitrogen functional groups attached to an aromatic ring is 3. The van der Waals surface area contributed by atoms with Gasteiger partial charge in [-0.2, -0.15) is 0 Å². The van der Waals surface area contributed by atoms with Gasteiger partial charge in [0.2, 0.25) is 0 Å². The third kappa shape index (κ3) is 28.8. The van der Waals surface area contributed by atoms with E-state index in [0.717, 1.165) is 243 Å². The molecule has 4 amide bonds. The molecule has 0 radical (unpaired) electrons. The van der Waals surface area contributed by atoms with E-state index in [-0.39, 0.29) is 89.4 Å². The van der Waals surface area contributed by atoms with E-state index in [0.29, 0.717) is 88.7 Å². The average molecular weight is 2100 g/mol. The lowest BCUT2D eigenvalue weighted by Gasteiger charge is -2.47. The van der Waals surface area contributed by atoms with E-state index in [1.54, 1.807) is 18.2 Å². The number of primary amides is 2. The summed E-state index contributed by atoms with van der Waals surface area (Å²) in [6.07, 6.45) is 14.2. The van der Waals surface area contributed by atoms with Gasteiger partial charge in [0, 0.05) is 188 Å². The second-order valence-corrected chi connectivity index (χ2v) is 39.8. The van der Waals surface area contributed by atoms with Crippen LogP contribution in [-0.2, 0) is 26.2 Å². The molecule has 16 rings (SSSR count). The predicted octanol–water partition coefficient (Wildman–Crippen LogP) is 12.0. The zero-order chi connectivity index (χ0) is 101. The first kappa shape index (κ1) is 109. The van der Waals surface area contributed by atoms with Crippen molar-refractivity contribution < 1.29 is 28.0 Å². The molecule has 0 saturated carbocycles. The van der Waals surface area contributed by atoms with Crippen molar-refractivity contribution in [1.82, 2.24) is 89.7 Å². The first-order valence-corrected chi connectivity index (χ1v) is 51.2. The number of nitrogens with two attached hydrogens (primary N) is 7. The fraction of sp³-hybridized carbons (Fsp3) is 0.521. The number of aromatic nitrogens is 8. The van der Waals surface area contributed by atoms with Gasteiger partial charge in [0.25, 0.3) is 23.6 Å². The topological polar surface area (TPSA) is 441 Å². The van der Waals surface area contributed by atoms with Gasteiger partial charge in [-0.3, -0.25) is 79.0 Å². The van der Waals surface area contributed by atoms with Crippen molar-refractivity contribution in [3.63, 3.8) is 0 Å². The van der Waals surface area contributed by atoms with E-state index in [4.69, 9.17) is 133 Å². The average Bonchev–Trinajstić information content (AvgIpc) is 0.799. The summed E-state index contributed by atoms with van der Waals surface area (Å²) in [5.41, 5.74) is 43.8. The summed E-state index contributed by atoms with van der Waals surface area (Å²) in [7, 11) is 2.92. The number of piperazine rings is 4. The van der Waals surface area contributed by atoms with Crippen LogP contribution in [0.2, 0.25) is 40.7 Å². The first-order valence-electron chi connectivity index (χ1n) is 48.2. The Hall–Kier alpha value is -9.52. The standard InChI is InChI=1S/C25H34Cl2FN9O.C25H35Cl2N9O.C23H29Cl2FN6O.C23H31Cl2N7O/c1-3-16-14-36(23-21(27)32-20(22(29)33-23)24(38)34-25(30)31-2)10-11-37(16)17-6-8-35(9-7-17)13-15-4-5-18(26)19(28)12-15;1-3-18-15-35(23-21(27)31-20(22(28)32-23)24(37)33-25(29)30-2)12-13-36(18)19-8-10-34(11-9-19)14-16-4-6-17(26)7-5-16;1-2-17-14-31(23-21(25)29-20(12-28-23)22(27)33)9-10-32(17)18-5-7-30(8-6-18)13-15-3-4-16(24)11-19(15)26;1-2-17-14-31(23-20(25)28-19(22(27)33)21(26)29-23)11-12-32(17)18-7-9-30(10-8-18)13-15-3-5-16(24)6-4-15/h4-5,12,16-17H,3,6-11,13-14H2,1-2H3,(H2,29,33)(H3,30,31,34,38);4-7,18-19H,3,8-15H2,1-2H3,(H2,28,32)(H3,29,30,33,37);3-4,11-12,17-18H,2,5-10,13-14H2,1H3,(H2,27,33);3-6,17-18H,2,7-14H2,1H3,(H2,26,29)(H2,27,33)/t16-;18-;2*17-/m0000/s1. The zero-order valence-electron chi connectivity index (χ0n) is 80.5. The van der Waals surface area contributed by atoms with Crippen LogP contribution in [0, 0.1) is 11.6 Å². The van der Waals surface area contributed by atoms with Crippen molar-refractivity contribution in [3.8, 4) is 0 Å². The number of anilines is 7. The summed E-state index contributed by atoms with van der Waals surface area (Å²) in [6, 6.07) is 29.7. The quantitative estimate of drug-likeness (QED) is 0.0200. The molecule has 8 aliphatic heterocycles. The molecule has 4 aromatic carbocycles. The fourth-order valence-corrected chi connectivity index (χ4v) is 21.8. The molecule has 0 unspecified atom stereocenters. The van der Waals surface area contributed by atoms with Crippen molar-refractivity contribution in [2.45, 2.75) is 179 Å². The smallest absolute Gasteiger partial charge is 0.280 e. The SMILES string of the molecule is CC[C@H]1CN(c2nc(N)c(C(=O)NC(N)=NC)nc2Cl)CCN1C1CCN(Cc2ccc(Cl)c(F)c2)CC1.CC[C@H]1CN(c2nc(N)c(C(=O)NC(N)=NC)nc2Cl)CCN1C1CCN(Cc2ccc(Cl)cc2)CC1.CC[C@H]1CN(c2nc(N)c(C(N)=O)nc2Cl)CCN1C1CCN(Cc2ccc(Cl)cc2)CC1.CC[C@H]1CN(c2ncc(C(N)=O)nc2Cl)CCN1C1CCN(Cc2ccc(Cl)cc2F)CC1. The van der Waals surface area contributed by atoms with Crippen LogP contribution in [0.4, 0.5) is 49.5 Å². The van der Waals surface area contributed by atoms with E-state index >= 15 is 0 Å². The number of amides is 4. The number of guanidine groups is 2. The molecule has 8 aromatic rings. The van der Waals surface area contributed by atoms with Crippen molar-refractivity contribution in [2.24, 2.45) is 32.9 Å². The Balaban J connectivity index is 0.000000158. The molecule has 0 aliphatic carbocycles. The molecule has 141 heavy (non-hydrogen) atoms. The summed E-state index contributed by atoms with van der Waals surface area (Å²) in [4.78, 5) is 118. The van der Waals surface area contributed by atoms with Gasteiger partial charge in [-0.25, -0.2) is 48.7 Å². The van der Waals surface area contributed by atoms with Gasteiger partial charge in [0.1, 0.15) is 17.3 Å². The number of carbonyl (C=O) groups excluding carboxylic acids is 4. The summed E-state index contributed by atoms with van der Waals surface area (Å²) in [5.74, 6) is -1.18. The Bertz CT molecular complexity index is 5650. The lowest BCUT2D eigenvalue weighted by atomic mass is 9.98. The zero-order valence-corrected chi connectivity index (χ0v) is 86.6. The Morgan fingerprint density at radius 3 is 1.01 bits per heavy atom. The largest absolute Gasteiger partial charge is 0.382 e. The number of benzene rings is 4. The second kappa shape index (κ2) is 51.3. The number of rotatable bonds is 24. The second-order valence-electron chi connectivity index (χ2n) is 36.7.